The Morgan fingerprint density at radius 3 is 2.37 bits per heavy atom. The number of carbonyl (C=O) groups is 1. The van der Waals surface area contributed by atoms with Crippen LogP contribution in [0, 0.1) is 25.7 Å². The van der Waals surface area contributed by atoms with E-state index >= 15 is 0 Å². The first-order valence-electron chi connectivity index (χ1n) is 12.3. The number of esters is 1. The van der Waals surface area contributed by atoms with Crippen LogP contribution in [0.2, 0.25) is 0 Å². The topological polar surface area (TPSA) is 62.6 Å². The molecular weight excluding hydrogens is 476 g/mol. The molecule has 0 saturated heterocycles. The molecule has 0 unspecified atom stereocenters. The van der Waals surface area contributed by atoms with Gasteiger partial charge in [0.1, 0.15) is 24.7 Å². The zero-order valence-corrected chi connectivity index (χ0v) is 21.8. The summed E-state index contributed by atoms with van der Waals surface area (Å²) in [5, 5.41) is 4.17. The van der Waals surface area contributed by atoms with Crippen molar-refractivity contribution in [2.75, 3.05) is 20.3 Å². The van der Waals surface area contributed by atoms with Crippen LogP contribution in [0.1, 0.15) is 27.8 Å². The van der Waals surface area contributed by atoms with Gasteiger partial charge in [0.05, 0.1) is 7.11 Å². The lowest BCUT2D eigenvalue weighted by Crippen LogP contribution is -2.13. The van der Waals surface area contributed by atoms with E-state index in [0.717, 1.165) is 33.6 Å². The molecule has 0 atom stereocenters. The molecule has 1 heterocycles. The van der Waals surface area contributed by atoms with Crippen LogP contribution in [0.5, 0.6) is 11.5 Å². The number of benzene rings is 3. The predicted octanol–water partition coefficient (Wildman–Crippen LogP) is 5.61. The summed E-state index contributed by atoms with van der Waals surface area (Å²) in [4.78, 5) is 11.3. The quantitative estimate of drug-likeness (QED) is 0.218. The standard InChI is InChI=1S/C32H30N2O4/c1-24-7-11-27(12-8-24)30(28-13-9-26(10-14-28)6-4-19-34-20-5-18-33-34)17-21-37-29-15-16-31(25(2)22-29)38-23-32(35)36-3/h5,7-18,20,22H,19,21,23H2,1-3H3/b30-17-. The summed E-state index contributed by atoms with van der Waals surface area (Å²) in [7, 11) is 1.33. The fourth-order valence-electron chi connectivity index (χ4n) is 3.78. The van der Waals surface area contributed by atoms with Gasteiger partial charge in [-0.2, -0.15) is 5.10 Å². The number of ether oxygens (including phenoxy) is 3. The third-order valence-corrected chi connectivity index (χ3v) is 5.85. The number of rotatable bonds is 9. The monoisotopic (exact) mass is 506 g/mol. The molecule has 38 heavy (non-hydrogen) atoms. The molecular formula is C32H30N2O4. The van der Waals surface area contributed by atoms with E-state index in [1.165, 1.54) is 12.7 Å². The van der Waals surface area contributed by atoms with Crippen molar-refractivity contribution in [3.05, 3.63) is 119 Å². The highest BCUT2D eigenvalue weighted by atomic mass is 16.6. The number of hydrogen-bond acceptors (Lipinski definition) is 5. The van der Waals surface area contributed by atoms with Gasteiger partial charge in [0.15, 0.2) is 6.61 Å². The van der Waals surface area contributed by atoms with E-state index in [9.17, 15) is 4.79 Å². The Kier molecular flexibility index (Phi) is 8.98. The smallest absolute Gasteiger partial charge is 0.343 e. The molecule has 0 aliphatic heterocycles. The van der Waals surface area contributed by atoms with Crippen molar-refractivity contribution in [3.8, 4) is 23.3 Å². The highest BCUT2D eigenvalue weighted by Gasteiger charge is 2.08. The van der Waals surface area contributed by atoms with Crippen molar-refractivity contribution in [1.29, 1.82) is 0 Å². The average Bonchev–Trinajstić information content (AvgIpc) is 3.45. The number of nitrogens with zero attached hydrogens (tertiary/aromatic N) is 2. The lowest BCUT2D eigenvalue weighted by molar-refractivity contribution is -0.142. The lowest BCUT2D eigenvalue weighted by Gasteiger charge is -2.12. The van der Waals surface area contributed by atoms with Gasteiger partial charge in [0.25, 0.3) is 0 Å². The largest absolute Gasteiger partial charge is 0.489 e. The average molecular weight is 507 g/mol. The first-order valence-corrected chi connectivity index (χ1v) is 12.3. The van der Waals surface area contributed by atoms with Crippen molar-refractivity contribution >= 4 is 11.5 Å². The minimum Gasteiger partial charge on any atom is -0.489 e. The Morgan fingerprint density at radius 1 is 0.974 bits per heavy atom. The molecule has 192 valence electrons. The summed E-state index contributed by atoms with van der Waals surface area (Å²) < 4.78 is 18.0. The van der Waals surface area contributed by atoms with Gasteiger partial charge in [-0.05, 0) is 78.6 Å². The molecule has 4 rings (SSSR count). The van der Waals surface area contributed by atoms with Crippen LogP contribution >= 0.6 is 0 Å². The number of aromatic nitrogens is 2. The highest BCUT2D eigenvalue weighted by Crippen LogP contribution is 2.26. The van der Waals surface area contributed by atoms with Crippen LogP contribution in [-0.4, -0.2) is 36.1 Å². The van der Waals surface area contributed by atoms with E-state index in [1.54, 1.807) is 16.9 Å². The van der Waals surface area contributed by atoms with E-state index in [2.05, 4.69) is 71.1 Å². The lowest BCUT2D eigenvalue weighted by atomic mass is 9.96. The van der Waals surface area contributed by atoms with Gasteiger partial charge in [-0.1, -0.05) is 53.8 Å². The Bertz CT molecular complexity index is 1440. The SMILES string of the molecule is COC(=O)COc1ccc(OC/C=C(/c2ccc(C)cc2)c2ccc(C#CCn3cccn3)cc2)cc1C. The third kappa shape index (κ3) is 7.37. The summed E-state index contributed by atoms with van der Waals surface area (Å²) in [5.74, 6) is 7.26. The number of methoxy groups -OCH3 is 1. The second-order valence-electron chi connectivity index (χ2n) is 8.67. The predicted molar refractivity (Wildman–Crippen MR) is 148 cm³/mol. The summed E-state index contributed by atoms with van der Waals surface area (Å²) in [5.41, 5.74) is 6.30. The summed E-state index contributed by atoms with van der Waals surface area (Å²) in [6.07, 6.45) is 5.73. The molecule has 0 saturated carbocycles. The maximum Gasteiger partial charge on any atom is 0.343 e. The van der Waals surface area contributed by atoms with Crippen molar-refractivity contribution in [2.24, 2.45) is 0 Å². The summed E-state index contributed by atoms with van der Waals surface area (Å²) >= 11 is 0. The maximum absolute atomic E-state index is 11.3. The van der Waals surface area contributed by atoms with Crippen molar-refractivity contribution in [2.45, 2.75) is 20.4 Å². The van der Waals surface area contributed by atoms with Crippen molar-refractivity contribution in [1.82, 2.24) is 9.78 Å². The molecule has 0 fully saturated rings. The fraction of sp³-hybridized carbons (Fsp3) is 0.188. The van der Waals surface area contributed by atoms with Gasteiger partial charge in [-0.3, -0.25) is 4.68 Å². The molecule has 0 bridgehead atoms. The van der Waals surface area contributed by atoms with Gasteiger partial charge in [-0.25, -0.2) is 4.79 Å². The molecule has 0 aliphatic rings. The molecule has 6 heteroatoms. The Hall–Kier alpha value is -4.76. The molecule has 6 nitrogen and oxygen atoms in total. The molecule has 0 amide bonds. The van der Waals surface area contributed by atoms with Gasteiger partial charge in [-0.15, -0.1) is 0 Å². The number of carbonyl (C=O) groups excluding carboxylic acids is 1. The van der Waals surface area contributed by atoms with E-state index in [0.29, 0.717) is 18.9 Å². The van der Waals surface area contributed by atoms with Crippen LogP contribution in [0.3, 0.4) is 0 Å². The highest BCUT2D eigenvalue weighted by molar-refractivity contribution is 5.80. The number of hydrogen-bond donors (Lipinski definition) is 0. The van der Waals surface area contributed by atoms with Crippen molar-refractivity contribution < 1.29 is 19.0 Å². The molecule has 0 aliphatic carbocycles. The second kappa shape index (κ2) is 13.0. The molecule has 4 aromatic rings. The van der Waals surface area contributed by atoms with Gasteiger partial charge >= 0.3 is 5.97 Å². The third-order valence-electron chi connectivity index (χ3n) is 5.85. The maximum atomic E-state index is 11.3. The van der Waals surface area contributed by atoms with E-state index in [4.69, 9.17) is 9.47 Å². The molecule has 0 spiro atoms. The fourth-order valence-corrected chi connectivity index (χ4v) is 3.78. The molecule has 3 aromatic carbocycles. The zero-order valence-electron chi connectivity index (χ0n) is 21.8. The second-order valence-corrected chi connectivity index (χ2v) is 8.67. The van der Waals surface area contributed by atoms with Gasteiger partial charge < -0.3 is 14.2 Å². The zero-order chi connectivity index (χ0) is 26.7. The Labute approximate surface area is 223 Å². The first-order chi connectivity index (χ1) is 18.5. The van der Waals surface area contributed by atoms with E-state index in [-0.39, 0.29) is 6.61 Å². The van der Waals surface area contributed by atoms with E-state index < -0.39 is 5.97 Å². The van der Waals surface area contributed by atoms with Gasteiger partial charge in [0, 0.05) is 18.0 Å². The minimum atomic E-state index is -0.423. The van der Waals surface area contributed by atoms with Crippen molar-refractivity contribution in [3.63, 3.8) is 0 Å². The molecule has 0 N–H and O–H groups in total. The first kappa shape index (κ1) is 26.3. The summed E-state index contributed by atoms with van der Waals surface area (Å²) in [6.45, 7) is 4.80. The Morgan fingerprint density at radius 2 is 1.71 bits per heavy atom. The molecule has 0 radical (unpaired) electrons. The minimum absolute atomic E-state index is 0.130. The number of aryl methyl sites for hydroxylation is 2. The van der Waals surface area contributed by atoms with Crippen LogP contribution in [0.25, 0.3) is 5.57 Å². The van der Waals surface area contributed by atoms with Crippen LogP contribution < -0.4 is 9.47 Å². The normalized spacial score (nSPS) is 10.9. The van der Waals surface area contributed by atoms with Crippen LogP contribution in [0.4, 0.5) is 0 Å². The van der Waals surface area contributed by atoms with Gasteiger partial charge in [0.2, 0.25) is 0 Å². The summed E-state index contributed by atoms with van der Waals surface area (Å²) in [6, 6.07) is 24.1. The molecule has 1 aromatic heterocycles. The van der Waals surface area contributed by atoms with Crippen LogP contribution in [-0.2, 0) is 16.1 Å². The van der Waals surface area contributed by atoms with Crippen LogP contribution in [0.15, 0.2) is 91.3 Å². The Balaban J connectivity index is 1.48. The van der Waals surface area contributed by atoms with E-state index in [1.807, 2.05) is 43.5 Å².